The van der Waals surface area contributed by atoms with Crippen LogP contribution in [0.2, 0.25) is 0 Å². The first-order chi connectivity index (χ1) is 10.9. The van der Waals surface area contributed by atoms with E-state index in [2.05, 4.69) is 58.2 Å². The number of benzene rings is 1. The van der Waals surface area contributed by atoms with Crippen LogP contribution in [0.1, 0.15) is 65.0 Å². The minimum absolute atomic E-state index is 0.270. The second-order valence-electron chi connectivity index (χ2n) is 5.89. The van der Waals surface area contributed by atoms with Gasteiger partial charge in [-0.05, 0) is 67.8 Å². The lowest BCUT2D eigenvalue weighted by molar-refractivity contribution is 0.185. The maximum atomic E-state index is 6.21. The van der Waals surface area contributed by atoms with Crippen molar-refractivity contribution in [2.45, 2.75) is 60.0 Å². The minimum Gasteiger partial charge on any atom is -0.490 e. The van der Waals surface area contributed by atoms with Crippen molar-refractivity contribution >= 4 is 22.2 Å². The van der Waals surface area contributed by atoms with Crippen molar-refractivity contribution in [1.29, 1.82) is 0 Å². The van der Waals surface area contributed by atoms with Gasteiger partial charge in [0.25, 0.3) is 0 Å². The lowest BCUT2D eigenvalue weighted by atomic mass is 10.0. The summed E-state index contributed by atoms with van der Waals surface area (Å²) in [7, 11) is 0. The van der Waals surface area contributed by atoms with Gasteiger partial charge in [0.15, 0.2) is 0 Å². The summed E-state index contributed by atoms with van der Waals surface area (Å²) >= 11 is 1.70. The lowest BCUT2D eigenvalue weighted by Crippen LogP contribution is -2.15. The molecule has 1 aromatic rings. The smallest absolute Gasteiger partial charge is 0.120 e. The van der Waals surface area contributed by atoms with Crippen molar-refractivity contribution in [2.24, 2.45) is 0 Å². The van der Waals surface area contributed by atoms with Crippen molar-refractivity contribution < 1.29 is 4.74 Å². The van der Waals surface area contributed by atoms with Crippen molar-refractivity contribution in [1.82, 2.24) is 0 Å². The highest BCUT2D eigenvalue weighted by Crippen LogP contribution is 2.35. The number of allylic oxidation sites excluding steroid dienone is 3. The highest BCUT2D eigenvalue weighted by molar-refractivity contribution is 8.11. The molecule has 0 aromatic heterocycles. The molecule has 2 heteroatoms. The summed E-state index contributed by atoms with van der Waals surface area (Å²) < 4.78 is 6.21. The van der Waals surface area contributed by atoms with E-state index < -0.39 is 0 Å². The Balaban J connectivity index is 3.11. The third-order valence-electron chi connectivity index (χ3n) is 3.78. The Morgan fingerprint density at radius 2 is 1.83 bits per heavy atom. The standard InChI is InChI=1S/C21H30OS/c1-8-11-20(10-3)22-21-13-18(15(4)5)12-19(14-21)17(7)23-16(6)9-2/h9,12-14,20H,4,7-8,10-11H2,1-3,5-6H3/b16-9-. The molecule has 0 N–H and O–H groups in total. The second-order valence-corrected chi connectivity index (χ2v) is 7.23. The summed E-state index contributed by atoms with van der Waals surface area (Å²) in [6.45, 7) is 18.8. The second kappa shape index (κ2) is 9.67. The molecule has 1 unspecified atom stereocenters. The average Bonchev–Trinajstić information content (AvgIpc) is 2.53. The van der Waals surface area contributed by atoms with Crippen LogP contribution >= 0.6 is 11.8 Å². The van der Waals surface area contributed by atoms with Crippen molar-refractivity contribution in [3.05, 3.63) is 53.5 Å². The Labute approximate surface area is 146 Å². The molecule has 0 aliphatic rings. The quantitative estimate of drug-likeness (QED) is 0.469. The first-order valence-electron chi connectivity index (χ1n) is 8.38. The number of hydrogen-bond donors (Lipinski definition) is 0. The molecule has 0 heterocycles. The van der Waals surface area contributed by atoms with E-state index in [0.717, 1.165) is 46.6 Å². The van der Waals surface area contributed by atoms with E-state index in [-0.39, 0.29) is 6.10 Å². The van der Waals surface area contributed by atoms with E-state index in [1.54, 1.807) is 11.8 Å². The van der Waals surface area contributed by atoms with Gasteiger partial charge in [-0.15, -0.1) is 0 Å². The molecule has 1 atom stereocenters. The van der Waals surface area contributed by atoms with Gasteiger partial charge in [0.1, 0.15) is 5.75 Å². The molecule has 1 aromatic carbocycles. The molecule has 0 radical (unpaired) electrons. The highest BCUT2D eigenvalue weighted by Gasteiger charge is 2.11. The SMILES string of the molecule is C=C(C)c1cc(OC(CC)CCC)cc(C(=C)S/C(C)=C\C)c1. The summed E-state index contributed by atoms with van der Waals surface area (Å²) in [5.41, 5.74) is 3.27. The molecule has 126 valence electrons. The Bertz CT molecular complexity index is 584. The van der Waals surface area contributed by atoms with Gasteiger partial charge in [-0.2, -0.15) is 0 Å². The zero-order chi connectivity index (χ0) is 17.4. The molecular formula is C21H30OS. The maximum absolute atomic E-state index is 6.21. The van der Waals surface area contributed by atoms with Crippen molar-refractivity contribution in [3.63, 3.8) is 0 Å². The summed E-state index contributed by atoms with van der Waals surface area (Å²) in [5, 5.41) is 0. The van der Waals surface area contributed by atoms with Crippen LogP contribution in [0.15, 0.2) is 42.3 Å². The predicted octanol–water partition coefficient (Wildman–Crippen LogP) is 7.30. The van der Waals surface area contributed by atoms with E-state index in [1.807, 2.05) is 13.8 Å². The fourth-order valence-electron chi connectivity index (χ4n) is 2.25. The van der Waals surface area contributed by atoms with E-state index in [4.69, 9.17) is 4.74 Å². The van der Waals surface area contributed by atoms with E-state index in [0.29, 0.717) is 0 Å². The molecule has 23 heavy (non-hydrogen) atoms. The van der Waals surface area contributed by atoms with Gasteiger partial charge in [-0.25, -0.2) is 0 Å². The minimum atomic E-state index is 0.270. The monoisotopic (exact) mass is 330 g/mol. The van der Waals surface area contributed by atoms with Crippen molar-refractivity contribution in [3.8, 4) is 5.75 Å². The lowest BCUT2D eigenvalue weighted by Gasteiger charge is -2.19. The molecule has 0 saturated heterocycles. The van der Waals surface area contributed by atoms with Gasteiger partial charge in [0.05, 0.1) is 6.10 Å². The van der Waals surface area contributed by atoms with Crippen LogP contribution in [0, 0.1) is 0 Å². The normalized spacial score (nSPS) is 12.8. The third-order valence-corrected chi connectivity index (χ3v) is 4.82. The molecule has 0 amide bonds. The van der Waals surface area contributed by atoms with Gasteiger partial charge >= 0.3 is 0 Å². The zero-order valence-electron chi connectivity index (χ0n) is 15.2. The van der Waals surface area contributed by atoms with Gasteiger partial charge < -0.3 is 4.74 Å². The van der Waals surface area contributed by atoms with Crippen molar-refractivity contribution in [2.75, 3.05) is 0 Å². The van der Waals surface area contributed by atoms with Gasteiger partial charge in [-0.3, -0.25) is 0 Å². The molecule has 0 saturated carbocycles. The first-order valence-corrected chi connectivity index (χ1v) is 9.20. The molecular weight excluding hydrogens is 300 g/mol. The fraction of sp³-hybridized carbons (Fsp3) is 0.429. The first kappa shape index (κ1) is 19.6. The van der Waals surface area contributed by atoms with Crippen LogP contribution in [0.25, 0.3) is 10.5 Å². The molecule has 1 rings (SSSR count). The molecule has 0 aliphatic carbocycles. The summed E-state index contributed by atoms with van der Waals surface area (Å²) in [5.74, 6) is 0.917. The molecule has 0 spiro atoms. The van der Waals surface area contributed by atoms with Gasteiger partial charge in [0, 0.05) is 4.91 Å². The largest absolute Gasteiger partial charge is 0.490 e. The average molecular weight is 331 g/mol. The predicted molar refractivity (Wildman–Crippen MR) is 107 cm³/mol. The van der Waals surface area contributed by atoms with Crippen LogP contribution in [0.4, 0.5) is 0 Å². The number of thioether (sulfide) groups is 1. The number of ether oxygens (including phenoxy) is 1. The van der Waals surface area contributed by atoms with Crippen LogP contribution < -0.4 is 4.74 Å². The molecule has 0 aliphatic heterocycles. The Kier molecular flexibility index (Phi) is 8.25. The fourth-order valence-corrected chi connectivity index (χ4v) is 2.99. The third kappa shape index (κ3) is 6.31. The zero-order valence-corrected chi connectivity index (χ0v) is 16.1. The Morgan fingerprint density at radius 3 is 2.35 bits per heavy atom. The van der Waals surface area contributed by atoms with E-state index >= 15 is 0 Å². The van der Waals surface area contributed by atoms with Gasteiger partial charge in [0.2, 0.25) is 0 Å². The van der Waals surface area contributed by atoms with E-state index in [9.17, 15) is 0 Å². The number of hydrogen-bond acceptors (Lipinski definition) is 2. The Hall–Kier alpha value is -1.41. The molecule has 0 fully saturated rings. The summed E-state index contributed by atoms with van der Waals surface area (Å²) in [6, 6.07) is 6.34. The summed E-state index contributed by atoms with van der Waals surface area (Å²) in [4.78, 5) is 2.28. The topological polar surface area (TPSA) is 9.23 Å². The van der Waals surface area contributed by atoms with Crippen LogP contribution in [0.5, 0.6) is 5.75 Å². The van der Waals surface area contributed by atoms with Gasteiger partial charge in [-0.1, -0.05) is 56.8 Å². The summed E-state index contributed by atoms with van der Waals surface area (Å²) in [6.07, 6.45) is 5.61. The molecule has 1 nitrogen and oxygen atoms in total. The van der Waals surface area contributed by atoms with Crippen LogP contribution in [-0.2, 0) is 0 Å². The molecule has 0 bridgehead atoms. The van der Waals surface area contributed by atoms with E-state index in [1.165, 1.54) is 4.91 Å². The maximum Gasteiger partial charge on any atom is 0.120 e. The highest BCUT2D eigenvalue weighted by atomic mass is 32.2. The van der Waals surface area contributed by atoms with Crippen LogP contribution in [-0.4, -0.2) is 6.10 Å². The Morgan fingerprint density at radius 1 is 1.17 bits per heavy atom. The van der Waals surface area contributed by atoms with Crippen LogP contribution in [0.3, 0.4) is 0 Å². The number of rotatable bonds is 9.